The number of aliphatic carboxylic acids is 1. The highest BCUT2D eigenvalue weighted by atomic mass is 35.5. The minimum atomic E-state index is -4.07. The molecule has 10 nitrogen and oxygen atoms in total. The van der Waals surface area contributed by atoms with Crippen LogP contribution in [0.2, 0.25) is 10.0 Å². The molecule has 0 aromatic heterocycles. The number of aromatic hydroxyl groups is 1. The zero-order chi connectivity index (χ0) is 29.6. The van der Waals surface area contributed by atoms with E-state index >= 15 is 0 Å². The summed E-state index contributed by atoms with van der Waals surface area (Å²) in [7, 11) is -4.07. The lowest BCUT2D eigenvalue weighted by atomic mass is 10.2. The Labute approximate surface area is 240 Å². The molecular weight excluding hydrogens is 583 g/mol. The van der Waals surface area contributed by atoms with E-state index in [0.29, 0.717) is 0 Å². The van der Waals surface area contributed by atoms with Crippen molar-refractivity contribution < 1.29 is 37.8 Å². The maximum Gasteiger partial charge on any atom is 0.306 e. The van der Waals surface area contributed by atoms with Crippen molar-refractivity contribution in [3.05, 3.63) is 75.8 Å². The third-order valence-electron chi connectivity index (χ3n) is 5.75. The van der Waals surface area contributed by atoms with Crippen LogP contribution in [0.15, 0.2) is 59.5 Å². The summed E-state index contributed by atoms with van der Waals surface area (Å²) in [4.78, 5) is 36.9. The summed E-state index contributed by atoms with van der Waals surface area (Å²) in [6.45, 7) is 3.02. The molecule has 13 heteroatoms. The topological polar surface area (TPSA) is 159 Å². The van der Waals surface area contributed by atoms with Gasteiger partial charge < -0.3 is 25.6 Å². The van der Waals surface area contributed by atoms with Gasteiger partial charge in [0.2, 0.25) is 5.91 Å². The van der Waals surface area contributed by atoms with Crippen molar-refractivity contribution in [2.24, 2.45) is 0 Å². The Balaban J connectivity index is 1.92. The molecule has 0 bridgehead atoms. The fourth-order valence-corrected chi connectivity index (χ4v) is 5.54. The largest absolute Gasteiger partial charge is 0.506 e. The summed E-state index contributed by atoms with van der Waals surface area (Å²) in [6.07, 6.45) is -0.445. The van der Waals surface area contributed by atoms with Crippen molar-refractivity contribution in [3.8, 4) is 11.5 Å². The van der Waals surface area contributed by atoms with E-state index in [2.05, 4.69) is 10.6 Å². The molecular formula is C27H26Cl2N2O8S. The minimum absolute atomic E-state index is 0.0266. The van der Waals surface area contributed by atoms with Gasteiger partial charge in [0, 0.05) is 17.7 Å². The number of anilines is 2. The molecule has 3 rings (SSSR count). The molecule has 0 saturated carbocycles. The van der Waals surface area contributed by atoms with Crippen LogP contribution < -0.4 is 15.4 Å². The van der Waals surface area contributed by atoms with Crippen molar-refractivity contribution in [1.82, 2.24) is 0 Å². The molecule has 0 aliphatic carbocycles. The molecule has 212 valence electrons. The molecule has 0 fully saturated rings. The summed E-state index contributed by atoms with van der Waals surface area (Å²) < 4.78 is 31.9. The van der Waals surface area contributed by atoms with E-state index in [-0.39, 0.29) is 50.7 Å². The third-order valence-corrected chi connectivity index (χ3v) is 8.71. The summed E-state index contributed by atoms with van der Waals surface area (Å²) in [5, 5.41) is 23.4. The monoisotopic (exact) mass is 608 g/mol. The first-order valence-corrected chi connectivity index (χ1v) is 14.2. The van der Waals surface area contributed by atoms with Crippen LogP contribution in [0, 0.1) is 6.92 Å². The Hall–Kier alpha value is -3.80. The standard InChI is InChI=1S/C27H26Cl2N2O8S/c1-3-24(40(37,38)17-7-4-15(2)5-8-17)27(36)31-21-13-22(32)20(14-23(21)39-11-10-25(33)34)30-26(35)16-6-9-18(28)19(29)12-16/h4-9,12-14,24,32H,3,10-11H2,1-2H3,(H,30,35)(H,31,36)(H,33,34). The maximum atomic E-state index is 13.2. The number of carboxylic acid groups (broad SMARTS) is 1. The van der Waals surface area contributed by atoms with Gasteiger partial charge in [-0.3, -0.25) is 14.4 Å². The third kappa shape index (κ3) is 7.44. The predicted octanol–water partition coefficient (Wildman–Crippen LogP) is 5.30. The van der Waals surface area contributed by atoms with Gasteiger partial charge in [-0.05, 0) is 43.7 Å². The fourth-order valence-electron chi connectivity index (χ4n) is 3.62. The number of halogens is 2. The highest BCUT2D eigenvalue weighted by Gasteiger charge is 2.33. The first kappa shape index (κ1) is 30.7. The first-order valence-electron chi connectivity index (χ1n) is 11.9. The Bertz CT molecular complexity index is 1540. The second kappa shape index (κ2) is 13.0. The SMILES string of the molecule is CCC(C(=O)Nc1cc(O)c(NC(=O)c2ccc(Cl)c(Cl)c2)cc1OCCC(=O)O)S(=O)(=O)c1ccc(C)cc1. The van der Waals surface area contributed by atoms with Gasteiger partial charge in [-0.25, -0.2) is 8.42 Å². The minimum Gasteiger partial charge on any atom is -0.506 e. The van der Waals surface area contributed by atoms with Crippen molar-refractivity contribution in [1.29, 1.82) is 0 Å². The van der Waals surface area contributed by atoms with Gasteiger partial charge in [0.1, 0.15) is 16.7 Å². The number of carbonyl (C=O) groups is 3. The van der Waals surface area contributed by atoms with Crippen LogP contribution in [0.3, 0.4) is 0 Å². The normalized spacial score (nSPS) is 11.9. The number of carboxylic acids is 1. The molecule has 0 radical (unpaired) electrons. The average Bonchev–Trinajstić information content (AvgIpc) is 2.88. The van der Waals surface area contributed by atoms with Crippen molar-refractivity contribution in [3.63, 3.8) is 0 Å². The van der Waals surface area contributed by atoms with Crippen LogP contribution >= 0.6 is 23.2 Å². The van der Waals surface area contributed by atoms with E-state index in [1.807, 2.05) is 0 Å². The van der Waals surface area contributed by atoms with E-state index in [9.17, 15) is 27.9 Å². The molecule has 0 heterocycles. The van der Waals surface area contributed by atoms with Crippen LogP contribution in [0.4, 0.5) is 11.4 Å². The lowest BCUT2D eigenvalue weighted by molar-refractivity contribution is -0.137. The van der Waals surface area contributed by atoms with Crippen LogP contribution in [-0.2, 0) is 19.4 Å². The molecule has 4 N–H and O–H groups in total. The van der Waals surface area contributed by atoms with E-state index in [0.717, 1.165) is 11.6 Å². The number of benzene rings is 3. The summed E-state index contributed by atoms with van der Waals surface area (Å²) in [5.41, 5.74) is 0.727. The van der Waals surface area contributed by atoms with Gasteiger partial charge in [-0.15, -0.1) is 0 Å². The first-order chi connectivity index (χ1) is 18.8. The van der Waals surface area contributed by atoms with E-state index in [1.165, 1.54) is 36.4 Å². The molecule has 1 unspecified atom stereocenters. The second-order valence-electron chi connectivity index (χ2n) is 8.68. The number of aryl methyl sites for hydroxylation is 1. The zero-order valence-corrected chi connectivity index (χ0v) is 23.7. The number of hydrogen-bond acceptors (Lipinski definition) is 7. The molecule has 3 aromatic rings. The lowest BCUT2D eigenvalue weighted by Gasteiger charge is -2.19. The number of carbonyl (C=O) groups excluding carboxylic acids is 2. The number of sulfone groups is 1. The molecule has 2 amide bonds. The maximum absolute atomic E-state index is 13.2. The quantitative estimate of drug-likeness (QED) is 0.213. The highest BCUT2D eigenvalue weighted by Crippen LogP contribution is 2.37. The Morgan fingerprint density at radius 2 is 1.62 bits per heavy atom. The Morgan fingerprint density at radius 1 is 0.950 bits per heavy atom. The van der Waals surface area contributed by atoms with Crippen LogP contribution in [-0.4, -0.2) is 48.3 Å². The summed E-state index contributed by atoms with van der Waals surface area (Å²) in [6, 6.07) is 12.5. The van der Waals surface area contributed by atoms with Gasteiger partial charge >= 0.3 is 5.97 Å². The summed E-state index contributed by atoms with van der Waals surface area (Å²) >= 11 is 11.9. The number of ether oxygens (including phenoxy) is 1. The van der Waals surface area contributed by atoms with Crippen LogP contribution in [0.1, 0.15) is 35.7 Å². The lowest BCUT2D eigenvalue weighted by Crippen LogP contribution is -2.35. The highest BCUT2D eigenvalue weighted by molar-refractivity contribution is 7.92. The van der Waals surface area contributed by atoms with E-state index in [4.69, 9.17) is 33.0 Å². The number of phenols is 1. The molecule has 1 atom stereocenters. The van der Waals surface area contributed by atoms with Gasteiger partial charge in [0.25, 0.3) is 5.91 Å². The number of nitrogens with one attached hydrogen (secondary N) is 2. The number of rotatable bonds is 11. The molecule has 0 spiro atoms. The summed E-state index contributed by atoms with van der Waals surface area (Å²) in [5.74, 6) is -3.29. The Morgan fingerprint density at radius 3 is 2.23 bits per heavy atom. The van der Waals surface area contributed by atoms with E-state index in [1.54, 1.807) is 26.0 Å². The zero-order valence-electron chi connectivity index (χ0n) is 21.4. The predicted molar refractivity (Wildman–Crippen MR) is 151 cm³/mol. The second-order valence-corrected chi connectivity index (χ2v) is 11.6. The number of amides is 2. The molecule has 40 heavy (non-hydrogen) atoms. The molecule has 0 aliphatic heterocycles. The number of phenolic OH excluding ortho intramolecular Hbond substituents is 1. The number of hydrogen-bond donors (Lipinski definition) is 4. The van der Waals surface area contributed by atoms with Crippen molar-refractivity contribution >= 4 is 62.2 Å². The smallest absolute Gasteiger partial charge is 0.306 e. The van der Waals surface area contributed by atoms with Gasteiger partial charge in [-0.1, -0.05) is 47.8 Å². The van der Waals surface area contributed by atoms with E-state index < -0.39 is 45.0 Å². The molecule has 0 aliphatic rings. The van der Waals surface area contributed by atoms with Gasteiger partial charge in [-0.2, -0.15) is 0 Å². The van der Waals surface area contributed by atoms with Gasteiger partial charge in [0.15, 0.2) is 9.84 Å². The van der Waals surface area contributed by atoms with Crippen molar-refractivity contribution in [2.45, 2.75) is 36.8 Å². The van der Waals surface area contributed by atoms with Gasteiger partial charge in [0.05, 0.1) is 39.3 Å². The van der Waals surface area contributed by atoms with Crippen molar-refractivity contribution in [2.75, 3.05) is 17.2 Å². The van der Waals surface area contributed by atoms with Crippen LogP contribution in [0.5, 0.6) is 11.5 Å². The molecule has 0 saturated heterocycles. The average molecular weight is 609 g/mol. The molecule has 3 aromatic carbocycles. The fraction of sp³-hybridized carbons (Fsp3) is 0.222. The Kier molecular flexibility index (Phi) is 10.0. The van der Waals surface area contributed by atoms with Crippen LogP contribution in [0.25, 0.3) is 0 Å².